The van der Waals surface area contributed by atoms with Crippen molar-refractivity contribution in [1.29, 1.82) is 0 Å². The number of hydrogen-bond donors (Lipinski definition) is 0. The summed E-state index contributed by atoms with van der Waals surface area (Å²) >= 11 is 3.31. The molecule has 2 fully saturated rings. The molecule has 2 saturated carbocycles. The van der Waals surface area contributed by atoms with E-state index in [2.05, 4.69) is 42.8 Å². The van der Waals surface area contributed by atoms with Gasteiger partial charge in [0.15, 0.2) is 17.2 Å². The van der Waals surface area contributed by atoms with Gasteiger partial charge in [-0.1, -0.05) is 41.4 Å². The largest absolute Gasteiger partial charge is 0.450 e. The number of allylic oxidation sites excluding steroid dienone is 4. The molecule has 4 rings (SSSR count). The molecule has 0 N–H and O–H groups in total. The quantitative estimate of drug-likeness (QED) is 0.407. The van der Waals surface area contributed by atoms with Crippen LogP contribution >= 0.6 is 15.9 Å². The SMILES string of the molecule is CC(=O)[C@@]1(OC(=O)C(C)Br)CC[C@H]2[C@@H]3C=C(C)C4=CC(=O)CC[C@]4(C)[C@H]3CC[C@@]21C. The van der Waals surface area contributed by atoms with Crippen LogP contribution in [-0.4, -0.2) is 28.0 Å². The highest BCUT2D eigenvalue weighted by Crippen LogP contribution is 2.67. The average Bonchev–Trinajstić information content (AvgIpc) is 2.97. The van der Waals surface area contributed by atoms with Gasteiger partial charge in [-0.05, 0) is 87.7 Å². The maximum absolute atomic E-state index is 13.0. The van der Waals surface area contributed by atoms with Gasteiger partial charge in [0.1, 0.15) is 4.83 Å². The number of rotatable bonds is 3. The summed E-state index contributed by atoms with van der Waals surface area (Å²) in [4.78, 5) is 37.2. The lowest BCUT2D eigenvalue weighted by Crippen LogP contribution is -2.58. The zero-order valence-corrected chi connectivity index (χ0v) is 20.3. The van der Waals surface area contributed by atoms with E-state index in [9.17, 15) is 14.4 Å². The molecule has 1 unspecified atom stereocenters. The van der Waals surface area contributed by atoms with Crippen LogP contribution in [0.5, 0.6) is 0 Å². The number of alkyl halides is 1. The Balaban J connectivity index is 1.76. The molecule has 5 heteroatoms. The smallest absolute Gasteiger partial charge is 0.320 e. The summed E-state index contributed by atoms with van der Waals surface area (Å²) in [6.07, 6.45) is 9.11. The fraction of sp³-hybridized carbons (Fsp3) is 0.720. The number of esters is 1. The Morgan fingerprint density at radius 1 is 1.17 bits per heavy atom. The van der Waals surface area contributed by atoms with Crippen molar-refractivity contribution in [2.75, 3.05) is 0 Å². The highest BCUT2D eigenvalue weighted by molar-refractivity contribution is 9.10. The maximum atomic E-state index is 13.0. The fourth-order valence-electron chi connectivity index (χ4n) is 7.48. The van der Waals surface area contributed by atoms with Crippen molar-refractivity contribution >= 4 is 33.5 Å². The number of ketones is 2. The highest BCUT2D eigenvalue weighted by atomic mass is 79.9. The number of ether oxygens (including phenoxy) is 1. The van der Waals surface area contributed by atoms with Crippen LogP contribution in [0, 0.1) is 28.6 Å². The Labute approximate surface area is 188 Å². The molecule has 7 atom stereocenters. The van der Waals surface area contributed by atoms with Gasteiger partial charge in [-0.2, -0.15) is 0 Å². The summed E-state index contributed by atoms with van der Waals surface area (Å²) in [5.74, 6) is 0.963. The number of hydrogen-bond acceptors (Lipinski definition) is 4. The van der Waals surface area contributed by atoms with Crippen LogP contribution in [0.1, 0.15) is 73.1 Å². The van der Waals surface area contributed by atoms with Gasteiger partial charge in [0, 0.05) is 11.8 Å². The Hall–Kier alpha value is -1.23. The first kappa shape index (κ1) is 22.0. The standard InChI is InChI=1S/C25H33BrO4/c1-14-12-18-19(23(4)9-6-17(28)13-21(14)23)7-10-24(5)20(18)8-11-25(24,16(3)27)30-22(29)15(2)26/h12-13,15,18-20H,6-11H2,1-5H3/t15?,18-,19+,20+,23-,24+,25+/m1/s1. The third-order valence-corrected chi connectivity index (χ3v) is 9.49. The summed E-state index contributed by atoms with van der Waals surface area (Å²) in [6, 6.07) is 0. The van der Waals surface area contributed by atoms with Gasteiger partial charge in [0.25, 0.3) is 0 Å². The molecule has 4 aliphatic rings. The average molecular weight is 477 g/mol. The van der Waals surface area contributed by atoms with Crippen LogP contribution in [0.25, 0.3) is 0 Å². The monoisotopic (exact) mass is 476 g/mol. The Morgan fingerprint density at radius 2 is 1.83 bits per heavy atom. The first-order valence-corrected chi connectivity index (χ1v) is 12.2. The lowest BCUT2D eigenvalue weighted by molar-refractivity contribution is -0.186. The molecule has 0 aliphatic heterocycles. The second kappa shape index (κ2) is 7.15. The first-order chi connectivity index (χ1) is 14.0. The number of Topliss-reactive ketones (excluding diaryl/α,β-unsaturated/α-hetero) is 1. The van der Waals surface area contributed by atoms with Crippen LogP contribution < -0.4 is 0 Å². The molecule has 0 bridgehead atoms. The van der Waals surface area contributed by atoms with E-state index >= 15 is 0 Å². The number of carbonyl (C=O) groups is 3. The third-order valence-electron chi connectivity index (χ3n) is 9.12. The fourth-order valence-corrected chi connectivity index (χ4v) is 7.58. The van der Waals surface area contributed by atoms with Crippen molar-refractivity contribution in [2.45, 2.75) is 83.6 Å². The summed E-state index contributed by atoms with van der Waals surface area (Å²) < 4.78 is 6.03. The molecule has 0 amide bonds. The zero-order valence-electron chi connectivity index (χ0n) is 18.7. The van der Waals surface area contributed by atoms with Crippen molar-refractivity contribution in [3.8, 4) is 0 Å². The van der Waals surface area contributed by atoms with E-state index in [-0.39, 0.29) is 28.4 Å². The maximum Gasteiger partial charge on any atom is 0.320 e. The topological polar surface area (TPSA) is 60.4 Å². The van der Waals surface area contributed by atoms with Crippen LogP contribution in [-0.2, 0) is 19.1 Å². The molecule has 30 heavy (non-hydrogen) atoms. The summed E-state index contributed by atoms with van der Waals surface area (Å²) in [5.41, 5.74) is 1.04. The lowest BCUT2D eigenvalue weighted by Gasteiger charge is -2.58. The molecule has 164 valence electrons. The minimum absolute atomic E-state index is 0.0151. The van der Waals surface area contributed by atoms with E-state index < -0.39 is 10.4 Å². The van der Waals surface area contributed by atoms with Crippen LogP contribution in [0.2, 0.25) is 0 Å². The van der Waals surface area contributed by atoms with E-state index in [1.165, 1.54) is 11.1 Å². The Morgan fingerprint density at radius 3 is 2.47 bits per heavy atom. The van der Waals surface area contributed by atoms with Gasteiger partial charge < -0.3 is 4.74 Å². The predicted molar refractivity (Wildman–Crippen MR) is 119 cm³/mol. The van der Waals surface area contributed by atoms with Crippen molar-refractivity contribution < 1.29 is 19.1 Å². The zero-order chi connectivity index (χ0) is 22.1. The number of carbonyl (C=O) groups excluding carboxylic acids is 3. The van der Waals surface area contributed by atoms with Crippen LogP contribution in [0.3, 0.4) is 0 Å². The number of fused-ring (bicyclic) bond motifs is 5. The van der Waals surface area contributed by atoms with Gasteiger partial charge in [0.05, 0.1) is 0 Å². The molecule has 0 spiro atoms. The molecule has 0 saturated heterocycles. The lowest BCUT2D eigenvalue weighted by atomic mass is 9.47. The van der Waals surface area contributed by atoms with Crippen molar-refractivity contribution in [1.82, 2.24) is 0 Å². The van der Waals surface area contributed by atoms with Gasteiger partial charge in [-0.25, -0.2) is 0 Å². The van der Waals surface area contributed by atoms with Crippen LogP contribution in [0.4, 0.5) is 0 Å². The van der Waals surface area contributed by atoms with E-state index in [1.807, 2.05) is 6.08 Å². The normalized spacial score (nSPS) is 43.5. The second-order valence-electron chi connectivity index (χ2n) is 10.5. The van der Waals surface area contributed by atoms with Crippen molar-refractivity contribution in [3.63, 3.8) is 0 Å². The van der Waals surface area contributed by atoms with E-state index in [0.717, 1.165) is 25.7 Å². The predicted octanol–water partition coefficient (Wildman–Crippen LogP) is 5.34. The van der Waals surface area contributed by atoms with Gasteiger partial charge in [-0.3, -0.25) is 14.4 Å². The molecule has 4 aliphatic carbocycles. The van der Waals surface area contributed by atoms with Crippen molar-refractivity contribution in [2.24, 2.45) is 28.6 Å². The first-order valence-electron chi connectivity index (χ1n) is 11.3. The van der Waals surface area contributed by atoms with Gasteiger partial charge in [0.2, 0.25) is 0 Å². The highest BCUT2D eigenvalue weighted by Gasteiger charge is 2.67. The molecule has 0 heterocycles. The van der Waals surface area contributed by atoms with Crippen LogP contribution in [0.15, 0.2) is 23.3 Å². The minimum Gasteiger partial charge on any atom is -0.450 e. The van der Waals surface area contributed by atoms with E-state index in [1.54, 1.807) is 13.8 Å². The molecular formula is C25H33BrO4. The Kier molecular flexibility index (Phi) is 5.24. The second-order valence-corrected chi connectivity index (χ2v) is 11.9. The van der Waals surface area contributed by atoms with E-state index in [0.29, 0.717) is 30.6 Å². The number of halogens is 1. The van der Waals surface area contributed by atoms with Crippen molar-refractivity contribution in [3.05, 3.63) is 23.3 Å². The minimum atomic E-state index is -1.04. The molecule has 4 nitrogen and oxygen atoms in total. The molecular weight excluding hydrogens is 444 g/mol. The molecule has 0 aromatic rings. The third kappa shape index (κ3) is 2.87. The van der Waals surface area contributed by atoms with Gasteiger partial charge in [-0.15, -0.1) is 0 Å². The molecule has 0 aromatic carbocycles. The Bertz CT molecular complexity index is 870. The summed E-state index contributed by atoms with van der Waals surface area (Å²) in [7, 11) is 0. The summed E-state index contributed by atoms with van der Waals surface area (Å²) in [6.45, 7) is 9.97. The molecule has 0 radical (unpaired) electrons. The summed E-state index contributed by atoms with van der Waals surface area (Å²) in [5, 5.41) is 0. The van der Waals surface area contributed by atoms with E-state index in [4.69, 9.17) is 4.74 Å². The molecule has 0 aromatic heterocycles. The van der Waals surface area contributed by atoms with Gasteiger partial charge >= 0.3 is 5.97 Å².